The van der Waals surface area contributed by atoms with Crippen molar-refractivity contribution in [2.75, 3.05) is 49.6 Å². The number of anilines is 2. The smallest absolute Gasteiger partial charge is 0.253 e. The number of piperazine rings is 1. The molecule has 170 valence electrons. The lowest BCUT2D eigenvalue weighted by molar-refractivity contribution is 0.0746. The number of likely N-dealkylation sites (N-methyl/N-ethyl adjacent to an activating group) is 1. The number of carbonyl (C=O) groups excluding carboxylic acids is 2. The van der Waals surface area contributed by atoms with Crippen molar-refractivity contribution in [1.29, 1.82) is 0 Å². The number of nitrogens with zero attached hydrogens (tertiary/aromatic N) is 5. The summed E-state index contributed by atoms with van der Waals surface area (Å²) >= 11 is 0. The van der Waals surface area contributed by atoms with Crippen LogP contribution in [-0.4, -0.2) is 66.3 Å². The molecule has 1 fully saturated rings. The monoisotopic (exact) mass is 443 g/mol. The van der Waals surface area contributed by atoms with Crippen LogP contribution in [0.3, 0.4) is 0 Å². The second kappa shape index (κ2) is 10.3. The topological polar surface area (TPSA) is 69.6 Å². The van der Waals surface area contributed by atoms with E-state index in [1.807, 2.05) is 24.1 Å². The van der Waals surface area contributed by atoms with E-state index in [2.05, 4.69) is 39.0 Å². The molecule has 0 saturated carbocycles. The fraction of sp³-hybridized carbons (Fsp3) is 0.308. The standard InChI is InChI=1S/C26H29N5O2/c1-20(32)22-8-10-23(11-9-22)25(33)31-18-16-30(17-19-31)24-12-14-27-26(28-24)29(2)15-13-21-6-4-3-5-7-21/h3-12,14H,13,15-19H2,1-2H3. The Morgan fingerprint density at radius 3 is 2.24 bits per heavy atom. The van der Waals surface area contributed by atoms with Gasteiger partial charge >= 0.3 is 0 Å². The first-order valence-electron chi connectivity index (χ1n) is 11.2. The van der Waals surface area contributed by atoms with E-state index in [4.69, 9.17) is 4.98 Å². The van der Waals surface area contributed by atoms with Crippen LogP contribution in [0, 0.1) is 0 Å². The minimum absolute atomic E-state index is 0.00227. The molecule has 1 aliphatic heterocycles. The predicted molar refractivity (Wildman–Crippen MR) is 130 cm³/mol. The van der Waals surface area contributed by atoms with E-state index < -0.39 is 0 Å². The third kappa shape index (κ3) is 5.55. The molecule has 1 amide bonds. The molecule has 0 bridgehead atoms. The summed E-state index contributed by atoms with van der Waals surface area (Å²) in [7, 11) is 2.01. The van der Waals surface area contributed by atoms with Crippen molar-refractivity contribution in [3.63, 3.8) is 0 Å². The summed E-state index contributed by atoms with van der Waals surface area (Å²) in [6.45, 7) is 5.02. The van der Waals surface area contributed by atoms with Crippen molar-refractivity contribution >= 4 is 23.5 Å². The molecule has 0 N–H and O–H groups in total. The summed E-state index contributed by atoms with van der Waals surface area (Å²) in [5, 5.41) is 0. The highest BCUT2D eigenvalue weighted by Gasteiger charge is 2.23. The van der Waals surface area contributed by atoms with Gasteiger partial charge in [0.2, 0.25) is 5.95 Å². The second-order valence-corrected chi connectivity index (χ2v) is 8.28. The van der Waals surface area contributed by atoms with Gasteiger partial charge in [0.15, 0.2) is 5.78 Å². The number of carbonyl (C=O) groups is 2. The SMILES string of the molecule is CC(=O)c1ccc(C(=O)N2CCN(c3ccnc(N(C)CCc4ccccc4)n3)CC2)cc1. The van der Waals surface area contributed by atoms with E-state index in [0.717, 1.165) is 18.8 Å². The summed E-state index contributed by atoms with van der Waals surface area (Å²) in [5.74, 6) is 1.57. The van der Waals surface area contributed by atoms with Crippen LogP contribution in [0.25, 0.3) is 0 Å². The Morgan fingerprint density at radius 1 is 0.909 bits per heavy atom. The Kier molecular flexibility index (Phi) is 6.98. The van der Waals surface area contributed by atoms with Gasteiger partial charge in [-0.2, -0.15) is 4.98 Å². The molecule has 2 aromatic carbocycles. The summed E-state index contributed by atoms with van der Waals surface area (Å²) in [6, 6.07) is 19.2. The molecular weight excluding hydrogens is 414 g/mol. The Labute approximate surface area is 194 Å². The lowest BCUT2D eigenvalue weighted by Crippen LogP contribution is -2.49. The van der Waals surface area contributed by atoms with Crippen LogP contribution in [0.1, 0.15) is 33.2 Å². The number of amides is 1. The highest BCUT2D eigenvalue weighted by atomic mass is 16.2. The minimum atomic E-state index is -0.00576. The molecule has 1 aromatic heterocycles. The van der Waals surface area contributed by atoms with Gasteiger partial charge in [-0.05, 0) is 37.1 Å². The minimum Gasteiger partial charge on any atom is -0.353 e. The van der Waals surface area contributed by atoms with Crippen LogP contribution in [0.4, 0.5) is 11.8 Å². The molecular formula is C26H29N5O2. The zero-order valence-corrected chi connectivity index (χ0v) is 19.1. The van der Waals surface area contributed by atoms with Crippen molar-refractivity contribution < 1.29 is 9.59 Å². The van der Waals surface area contributed by atoms with Crippen LogP contribution in [0.15, 0.2) is 66.9 Å². The number of hydrogen-bond acceptors (Lipinski definition) is 6. The van der Waals surface area contributed by atoms with Gasteiger partial charge in [-0.15, -0.1) is 0 Å². The first-order valence-corrected chi connectivity index (χ1v) is 11.2. The number of Topliss-reactive ketones (excluding diaryl/α,β-unsaturated/α-hetero) is 1. The number of rotatable bonds is 7. The van der Waals surface area contributed by atoms with Crippen molar-refractivity contribution in [3.05, 3.63) is 83.6 Å². The highest BCUT2D eigenvalue weighted by molar-refractivity contribution is 5.97. The van der Waals surface area contributed by atoms with Crippen LogP contribution >= 0.6 is 0 Å². The molecule has 0 spiro atoms. The molecule has 1 saturated heterocycles. The first-order chi connectivity index (χ1) is 16.0. The molecule has 2 heterocycles. The molecule has 7 nitrogen and oxygen atoms in total. The lowest BCUT2D eigenvalue weighted by Gasteiger charge is -2.35. The van der Waals surface area contributed by atoms with E-state index in [1.54, 1.807) is 30.5 Å². The highest BCUT2D eigenvalue weighted by Crippen LogP contribution is 2.18. The molecule has 7 heteroatoms. The van der Waals surface area contributed by atoms with E-state index in [9.17, 15) is 9.59 Å². The van der Waals surface area contributed by atoms with E-state index in [0.29, 0.717) is 43.3 Å². The first kappa shape index (κ1) is 22.5. The van der Waals surface area contributed by atoms with Crippen molar-refractivity contribution in [2.24, 2.45) is 0 Å². The lowest BCUT2D eigenvalue weighted by atomic mass is 10.1. The number of benzene rings is 2. The number of hydrogen-bond donors (Lipinski definition) is 0. The van der Waals surface area contributed by atoms with Gasteiger partial charge in [-0.1, -0.05) is 42.5 Å². The Bertz CT molecular complexity index is 1090. The van der Waals surface area contributed by atoms with Crippen LogP contribution in [0.5, 0.6) is 0 Å². The average Bonchev–Trinajstić information content (AvgIpc) is 2.87. The van der Waals surface area contributed by atoms with Gasteiger partial charge in [0, 0.05) is 57.1 Å². The summed E-state index contributed by atoms with van der Waals surface area (Å²) in [5.41, 5.74) is 2.51. The van der Waals surface area contributed by atoms with Gasteiger partial charge in [-0.3, -0.25) is 9.59 Å². The molecule has 3 aromatic rings. The number of aromatic nitrogens is 2. The average molecular weight is 444 g/mol. The van der Waals surface area contributed by atoms with Crippen molar-refractivity contribution in [2.45, 2.75) is 13.3 Å². The van der Waals surface area contributed by atoms with Gasteiger partial charge in [-0.25, -0.2) is 4.98 Å². The zero-order chi connectivity index (χ0) is 23.2. The third-order valence-electron chi connectivity index (χ3n) is 5.98. The second-order valence-electron chi connectivity index (χ2n) is 8.28. The largest absolute Gasteiger partial charge is 0.353 e. The quantitative estimate of drug-likeness (QED) is 0.522. The summed E-state index contributed by atoms with van der Waals surface area (Å²) in [6.07, 6.45) is 2.73. The summed E-state index contributed by atoms with van der Waals surface area (Å²) in [4.78, 5) is 39.6. The third-order valence-corrected chi connectivity index (χ3v) is 5.98. The van der Waals surface area contributed by atoms with E-state index in [1.165, 1.54) is 12.5 Å². The molecule has 0 aliphatic carbocycles. The van der Waals surface area contributed by atoms with Gasteiger partial charge < -0.3 is 14.7 Å². The Morgan fingerprint density at radius 2 is 1.58 bits per heavy atom. The van der Waals surface area contributed by atoms with Crippen LogP contribution < -0.4 is 9.80 Å². The van der Waals surface area contributed by atoms with Crippen LogP contribution in [-0.2, 0) is 6.42 Å². The maximum absolute atomic E-state index is 12.8. The molecule has 4 rings (SSSR count). The molecule has 0 unspecified atom stereocenters. The van der Waals surface area contributed by atoms with Crippen molar-refractivity contribution in [3.8, 4) is 0 Å². The molecule has 0 radical (unpaired) electrons. The zero-order valence-electron chi connectivity index (χ0n) is 19.1. The maximum atomic E-state index is 12.8. The van der Waals surface area contributed by atoms with Crippen molar-refractivity contribution in [1.82, 2.24) is 14.9 Å². The predicted octanol–water partition coefficient (Wildman–Crippen LogP) is 3.32. The maximum Gasteiger partial charge on any atom is 0.253 e. The Balaban J connectivity index is 1.33. The van der Waals surface area contributed by atoms with Gasteiger partial charge in [0.05, 0.1) is 0 Å². The van der Waals surface area contributed by atoms with Crippen LogP contribution in [0.2, 0.25) is 0 Å². The Hall–Kier alpha value is -3.74. The molecule has 33 heavy (non-hydrogen) atoms. The summed E-state index contributed by atoms with van der Waals surface area (Å²) < 4.78 is 0. The van der Waals surface area contributed by atoms with Gasteiger partial charge in [0.1, 0.15) is 5.82 Å². The number of ketones is 1. The molecule has 1 aliphatic rings. The van der Waals surface area contributed by atoms with Gasteiger partial charge in [0.25, 0.3) is 5.91 Å². The fourth-order valence-corrected chi connectivity index (χ4v) is 3.91. The normalized spacial score (nSPS) is 13.6. The fourth-order valence-electron chi connectivity index (χ4n) is 3.91. The molecule has 0 atom stereocenters. The van der Waals surface area contributed by atoms with E-state index in [-0.39, 0.29) is 11.7 Å². The van der Waals surface area contributed by atoms with E-state index >= 15 is 0 Å².